The summed E-state index contributed by atoms with van der Waals surface area (Å²) in [7, 11) is 0. The SMILES string of the molecule is O=C(O)C1C2CCCC2CN1C(=O)CCc1ccsc1. The van der Waals surface area contributed by atoms with E-state index in [2.05, 4.69) is 0 Å². The van der Waals surface area contributed by atoms with E-state index < -0.39 is 12.0 Å². The van der Waals surface area contributed by atoms with Gasteiger partial charge in [0.15, 0.2) is 0 Å². The number of thiophene rings is 1. The van der Waals surface area contributed by atoms with Gasteiger partial charge in [-0.2, -0.15) is 11.3 Å². The molecule has 2 fully saturated rings. The molecule has 2 heterocycles. The van der Waals surface area contributed by atoms with E-state index in [0.29, 0.717) is 25.3 Å². The topological polar surface area (TPSA) is 57.6 Å². The van der Waals surface area contributed by atoms with Crippen LogP contribution in [0.3, 0.4) is 0 Å². The second kappa shape index (κ2) is 5.56. The second-order valence-electron chi connectivity index (χ2n) is 5.82. The van der Waals surface area contributed by atoms with E-state index in [4.69, 9.17) is 0 Å². The zero-order valence-corrected chi connectivity index (χ0v) is 12.1. The van der Waals surface area contributed by atoms with Crippen molar-refractivity contribution in [1.82, 2.24) is 4.90 Å². The van der Waals surface area contributed by atoms with Gasteiger partial charge in [0.1, 0.15) is 6.04 Å². The summed E-state index contributed by atoms with van der Waals surface area (Å²) in [6.45, 7) is 0.643. The number of carbonyl (C=O) groups excluding carboxylic acids is 1. The minimum Gasteiger partial charge on any atom is -0.480 e. The molecule has 1 aromatic heterocycles. The summed E-state index contributed by atoms with van der Waals surface area (Å²) < 4.78 is 0. The number of aryl methyl sites for hydroxylation is 1. The van der Waals surface area contributed by atoms with Gasteiger partial charge in [-0.25, -0.2) is 4.79 Å². The Kier molecular flexibility index (Phi) is 3.78. The van der Waals surface area contributed by atoms with Gasteiger partial charge in [-0.1, -0.05) is 6.42 Å². The molecule has 5 heteroatoms. The Balaban J connectivity index is 1.65. The normalized spacial score (nSPS) is 28.6. The van der Waals surface area contributed by atoms with E-state index in [9.17, 15) is 14.7 Å². The molecule has 1 aromatic rings. The summed E-state index contributed by atoms with van der Waals surface area (Å²) in [6.07, 6.45) is 4.26. The van der Waals surface area contributed by atoms with Gasteiger partial charge in [-0.05, 0) is 53.5 Å². The van der Waals surface area contributed by atoms with E-state index in [1.807, 2.05) is 16.8 Å². The molecular formula is C15H19NO3S. The van der Waals surface area contributed by atoms with Crippen molar-refractivity contribution in [2.75, 3.05) is 6.54 Å². The first-order chi connectivity index (χ1) is 9.66. The molecule has 1 saturated carbocycles. The minimum atomic E-state index is -0.830. The molecule has 20 heavy (non-hydrogen) atoms. The number of rotatable bonds is 4. The number of carbonyl (C=O) groups is 2. The van der Waals surface area contributed by atoms with Crippen molar-refractivity contribution in [3.05, 3.63) is 22.4 Å². The first-order valence-corrected chi connectivity index (χ1v) is 8.14. The molecule has 2 aliphatic rings. The molecule has 0 aromatic carbocycles. The van der Waals surface area contributed by atoms with Crippen LogP contribution in [0.4, 0.5) is 0 Å². The number of aliphatic carboxylic acids is 1. The van der Waals surface area contributed by atoms with Crippen molar-refractivity contribution in [2.45, 2.75) is 38.1 Å². The van der Waals surface area contributed by atoms with Crippen LogP contribution in [0.2, 0.25) is 0 Å². The summed E-state index contributed by atoms with van der Waals surface area (Å²) in [6, 6.07) is 1.43. The van der Waals surface area contributed by atoms with Crippen LogP contribution in [0, 0.1) is 11.8 Å². The zero-order valence-electron chi connectivity index (χ0n) is 11.3. The number of hydrogen-bond acceptors (Lipinski definition) is 3. The van der Waals surface area contributed by atoms with Crippen molar-refractivity contribution in [2.24, 2.45) is 11.8 Å². The number of likely N-dealkylation sites (tertiary alicyclic amines) is 1. The molecule has 0 spiro atoms. The zero-order chi connectivity index (χ0) is 14.1. The maximum absolute atomic E-state index is 12.4. The number of amides is 1. The molecule has 1 aliphatic carbocycles. The fourth-order valence-electron chi connectivity index (χ4n) is 3.71. The third-order valence-electron chi connectivity index (χ3n) is 4.67. The Hall–Kier alpha value is -1.36. The van der Waals surface area contributed by atoms with Crippen LogP contribution in [-0.2, 0) is 16.0 Å². The van der Waals surface area contributed by atoms with Gasteiger partial charge in [-0.3, -0.25) is 4.79 Å². The Labute approximate surface area is 122 Å². The second-order valence-corrected chi connectivity index (χ2v) is 6.60. The van der Waals surface area contributed by atoms with Crippen molar-refractivity contribution >= 4 is 23.2 Å². The highest BCUT2D eigenvalue weighted by Gasteiger charge is 2.49. The highest BCUT2D eigenvalue weighted by atomic mass is 32.1. The average Bonchev–Trinajstić information content (AvgIpc) is 3.10. The Morgan fingerprint density at radius 1 is 1.40 bits per heavy atom. The Morgan fingerprint density at radius 3 is 2.95 bits per heavy atom. The highest BCUT2D eigenvalue weighted by molar-refractivity contribution is 7.07. The van der Waals surface area contributed by atoms with Crippen LogP contribution in [0.5, 0.6) is 0 Å². The van der Waals surface area contributed by atoms with Crippen LogP contribution >= 0.6 is 11.3 Å². The summed E-state index contributed by atoms with van der Waals surface area (Å²) in [5.41, 5.74) is 1.16. The molecule has 3 atom stereocenters. The number of fused-ring (bicyclic) bond motifs is 1. The standard InChI is InChI=1S/C15H19NO3S/c17-13(5-4-10-6-7-20-9-10)16-8-11-2-1-3-12(11)14(16)15(18)19/h6-7,9,11-12,14H,1-5,8H2,(H,18,19). The van der Waals surface area contributed by atoms with Gasteiger partial charge in [0.2, 0.25) is 5.91 Å². The summed E-state index contributed by atoms with van der Waals surface area (Å²) >= 11 is 1.62. The number of nitrogens with zero attached hydrogens (tertiary/aromatic N) is 1. The van der Waals surface area contributed by atoms with Crippen LogP contribution in [0.25, 0.3) is 0 Å². The number of hydrogen-bond donors (Lipinski definition) is 1. The van der Waals surface area contributed by atoms with Gasteiger partial charge >= 0.3 is 5.97 Å². The molecule has 3 rings (SSSR count). The molecule has 0 radical (unpaired) electrons. The van der Waals surface area contributed by atoms with Gasteiger partial charge in [0, 0.05) is 13.0 Å². The van der Waals surface area contributed by atoms with E-state index in [-0.39, 0.29) is 11.8 Å². The Morgan fingerprint density at radius 2 is 2.25 bits per heavy atom. The van der Waals surface area contributed by atoms with Gasteiger partial charge < -0.3 is 10.0 Å². The lowest BCUT2D eigenvalue weighted by atomic mass is 9.94. The molecule has 1 amide bonds. The number of carboxylic acids is 1. The van der Waals surface area contributed by atoms with Gasteiger partial charge in [-0.15, -0.1) is 0 Å². The van der Waals surface area contributed by atoms with Crippen LogP contribution < -0.4 is 0 Å². The minimum absolute atomic E-state index is 0.00185. The third kappa shape index (κ3) is 2.46. The molecule has 1 saturated heterocycles. The quantitative estimate of drug-likeness (QED) is 0.927. The van der Waals surface area contributed by atoms with Gasteiger partial charge in [0.25, 0.3) is 0 Å². The first-order valence-electron chi connectivity index (χ1n) is 7.20. The van der Waals surface area contributed by atoms with Crippen LogP contribution in [0.1, 0.15) is 31.2 Å². The van der Waals surface area contributed by atoms with Crippen molar-refractivity contribution < 1.29 is 14.7 Å². The lowest BCUT2D eigenvalue weighted by molar-refractivity contribution is -0.149. The predicted molar refractivity (Wildman–Crippen MR) is 76.6 cm³/mol. The molecule has 4 nitrogen and oxygen atoms in total. The summed E-state index contributed by atoms with van der Waals surface area (Å²) in [5, 5.41) is 13.5. The third-order valence-corrected chi connectivity index (χ3v) is 5.40. The van der Waals surface area contributed by atoms with Crippen molar-refractivity contribution in [3.63, 3.8) is 0 Å². The molecular weight excluding hydrogens is 274 g/mol. The van der Waals surface area contributed by atoms with E-state index in [1.54, 1.807) is 16.2 Å². The first kappa shape index (κ1) is 13.6. The molecule has 0 bridgehead atoms. The predicted octanol–water partition coefficient (Wildman–Crippen LogP) is 2.39. The molecule has 1 N–H and O–H groups in total. The fraction of sp³-hybridized carbons (Fsp3) is 0.600. The lowest BCUT2D eigenvalue weighted by Gasteiger charge is -2.24. The molecule has 3 unspecified atom stereocenters. The molecule has 1 aliphatic heterocycles. The molecule has 108 valence electrons. The lowest BCUT2D eigenvalue weighted by Crippen LogP contribution is -2.43. The van der Waals surface area contributed by atoms with E-state index in [1.165, 1.54) is 0 Å². The van der Waals surface area contributed by atoms with Crippen molar-refractivity contribution in [1.29, 1.82) is 0 Å². The fourth-order valence-corrected chi connectivity index (χ4v) is 4.41. The summed E-state index contributed by atoms with van der Waals surface area (Å²) in [4.78, 5) is 25.5. The maximum Gasteiger partial charge on any atom is 0.326 e. The summed E-state index contributed by atoms with van der Waals surface area (Å²) in [5.74, 6) is -0.250. The van der Waals surface area contributed by atoms with Crippen molar-refractivity contribution in [3.8, 4) is 0 Å². The Bertz CT molecular complexity index is 499. The smallest absolute Gasteiger partial charge is 0.326 e. The van der Waals surface area contributed by atoms with E-state index in [0.717, 1.165) is 24.8 Å². The maximum atomic E-state index is 12.4. The largest absolute Gasteiger partial charge is 0.480 e. The number of carboxylic acid groups (broad SMARTS) is 1. The average molecular weight is 293 g/mol. The van der Waals surface area contributed by atoms with Crippen LogP contribution in [0.15, 0.2) is 16.8 Å². The van der Waals surface area contributed by atoms with Gasteiger partial charge in [0.05, 0.1) is 0 Å². The van der Waals surface area contributed by atoms with Crippen LogP contribution in [-0.4, -0.2) is 34.5 Å². The monoisotopic (exact) mass is 293 g/mol. The highest BCUT2D eigenvalue weighted by Crippen LogP contribution is 2.42. The van der Waals surface area contributed by atoms with E-state index >= 15 is 0 Å².